The van der Waals surface area contributed by atoms with Crippen LogP contribution in [0.3, 0.4) is 0 Å². The number of carbonyl (C=O) groups excluding carboxylic acids is 1. The first-order valence-electron chi connectivity index (χ1n) is 6.87. The molecule has 2 N–H and O–H groups in total. The van der Waals surface area contributed by atoms with Gasteiger partial charge in [-0.1, -0.05) is 0 Å². The van der Waals surface area contributed by atoms with Gasteiger partial charge in [0, 0.05) is 31.7 Å². The van der Waals surface area contributed by atoms with Crippen molar-refractivity contribution in [2.45, 2.75) is 25.7 Å². The number of anilines is 2. The molecule has 0 saturated carbocycles. The number of hydrogen-bond acceptors (Lipinski definition) is 5. The van der Waals surface area contributed by atoms with E-state index in [9.17, 15) is 4.79 Å². The molecule has 0 atom stereocenters. The first kappa shape index (κ1) is 12.2. The van der Waals surface area contributed by atoms with Gasteiger partial charge in [-0.25, -0.2) is 4.98 Å². The van der Waals surface area contributed by atoms with Crippen LogP contribution in [0.15, 0.2) is 0 Å². The number of aryl methyl sites for hydroxylation is 1. The number of nitrogens with two attached hydrogens (primary N) is 1. The van der Waals surface area contributed by atoms with Crippen LogP contribution in [-0.2, 0) is 17.6 Å². The summed E-state index contributed by atoms with van der Waals surface area (Å²) in [6.07, 6.45) is 5.27. The van der Waals surface area contributed by atoms with Crippen LogP contribution < -0.4 is 10.6 Å². The smallest absolute Gasteiger partial charge is 0.227 e. The second-order valence-corrected chi connectivity index (χ2v) is 5.17. The predicted octanol–water partition coefficient (Wildman–Crippen LogP) is 0.216. The molecule has 1 amide bonds. The summed E-state index contributed by atoms with van der Waals surface area (Å²) in [7, 11) is 0. The van der Waals surface area contributed by atoms with Crippen molar-refractivity contribution in [3.8, 4) is 0 Å². The summed E-state index contributed by atoms with van der Waals surface area (Å²) < 4.78 is 0. The second kappa shape index (κ2) is 5.03. The maximum Gasteiger partial charge on any atom is 0.227 e. The Balaban J connectivity index is 1.82. The average Bonchev–Trinajstić information content (AvgIpc) is 2.47. The Morgan fingerprint density at radius 3 is 2.53 bits per heavy atom. The maximum absolute atomic E-state index is 10.7. The van der Waals surface area contributed by atoms with Crippen molar-refractivity contribution in [1.29, 1.82) is 0 Å². The first-order chi connectivity index (χ1) is 9.28. The van der Waals surface area contributed by atoms with Gasteiger partial charge >= 0.3 is 0 Å². The molecule has 2 heterocycles. The molecule has 6 nitrogen and oxygen atoms in total. The molecular formula is C13H19N5O. The zero-order valence-electron chi connectivity index (χ0n) is 11.0. The van der Waals surface area contributed by atoms with Crippen LogP contribution >= 0.6 is 0 Å². The van der Waals surface area contributed by atoms with E-state index < -0.39 is 0 Å². The highest BCUT2D eigenvalue weighted by molar-refractivity contribution is 5.51. The van der Waals surface area contributed by atoms with Crippen molar-refractivity contribution >= 4 is 18.2 Å². The number of fused-ring (bicyclic) bond motifs is 1. The third kappa shape index (κ3) is 2.34. The lowest BCUT2D eigenvalue weighted by molar-refractivity contribution is -0.118. The SMILES string of the molecule is Nc1nc(N2CCN(C=O)CC2)nc2c1CCCC2. The van der Waals surface area contributed by atoms with Crippen LogP contribution in [-0.4, -0.2) is 47.5 Å². The Bertz CT molecular complexity index is 482. The fraction of sp³-hybridized carbons (Fsp3) is 0.615. The molecule has 2 aliphatic rings. The minimum Gasteiger partial charge on any atom is -0.383 e. The van der Waals surface area contributed by atoms with Gasteiger partial charge in [0.05, 0.1) is 5.69 Å². The third-order valence-electron chi connectivity index (χ3n) is 3.95. The third-order valence-corrected chi connectivity index (χ3v) is 3.95. The van der Waals surface area contributed by atoms with E-state index in [1.54, 1.807) is 4.90 Å². The van der Waals surface area contributed by atoms with Crippen molar-refractivity contribution in [2.75, 3.05) is 36.8 Å². The molecule has 1 saturated heterocycles. The van der Waals surface area contributed by atoms with Crippen LogP contribution in [0.2, 0.25) is 0 Å². The lowest BCUT2D eigenvalue weighted by Crippen LogP contribution is -2.46. The van der Waals surface area contributed by atoms with E-state index in [1.165, 1.54) is 12.8 Å². The Morgan fingerprint density at radius 2 is 1.79 bits per heavy atom. The normalized spacial score (nSPS) is 19.2. The number of piperazine rings is 1. The standard InChI is InChI=1S/C13H19N5O/c14-12-10-3-1-2-4-11(10)15-13(16-12)18-7-5-17(9-19)6-8-18/h9H,1-8H2,(H2,14,15,16). The molecule has 6 heteroatoms. The number of amides is 1. The van der Waals surface area contributed by atoms with Crippen LogP contribution in [0.25, 0.3) is 0 Å². The molecule has 1 aromatic heterocycles. The molecule has 0 radical (unpaired) electrons. The van der Waals surface area contributed by atoms with E-state index in [0.717, 1.165) is 62.6 Å². The monoisotopic (exact) mass is 261 g/mol. The maximum atomic E-state index is 10.7. The van der Waals surface area contributed by atoms with E-state index in [1.807, 2.05) is 0 Å². The molecule has 0 bridgehead atoms. The molecule has 19 heavy (non-hydrogen) atoms. The fourth-order valence-corrected chi connectivity index (χ4v) is 2.78. The van der Waals surface area contributed by atoms with E-state index in [-0.39, 0.29) is 0 Å². The molecule has 3 rings (SSSR count). The number of nitrogens with zero attached hydrogens (tertiary/aromatic N) is 4. The number of rotatable bonds is 2. The van der Waals surface area contributed by atoms with E-state index >= 15 is 0 Å². The molecule has 1 aliphatic carbocycles. The highest BCUT2D eigenvalue weighted by atomic mass is 16.1. The Hall–Kier alpha value is -1.85. The average molecular weight is 261 g/mol. The van der Waals surface area contributed by atoms with Crippen LogP contribution in [0.1, 0.15) is 24.1 Å². The van der Waals surface area contributed by atoms with E-state index in [2.05, 4.69) is 14.9 Å². The van der Waals surface area contributed by atoms with Gasteiger partial charge in [-0.15, -0.1) is 0 Å². The van der Waals surface area contributed by atoms with Gasteiger partial charge in [0.25, 0.3) is 0 Å². The lowest BCUT2D eigenvalue weighted by atomic mass is 9.96. The van der Waals surface area contributed by atoms with E-state index in [4.69, 9.17) is 5.73 Å². The summed E-state index contributed by atoms with van der Waals surface area (Å²) in [5, 5.41) is 0. The fourth-order valence-electron chi connectivity index (χ4n) is 2.78. The van der Waals surface area contributed by atoms with Gasteiger partial charge in [-0.3, -0.25) is 4.79 Å². The van der Waals surface area contributed by atoms with Gasteiger partial charge in [-0.2, -0.15) is 4.98 Å². The second-order valence-electron chi connectivity index (χ2n) is 5.17. The molecule has 1 aromatic rings. The molecule has 0 unspecified atom stereocenters. The van der Waals surface area contributed by atoms with Crippen LogP contribution in [0.5, 0.6) is 0 Å². The molecule has 102 valence electrons. The summed E-state index contributed by atoms with van der Waals surface area (Å²) in [5.41, 5.74) is 8.32. The largest absolute Gasteiger partial charge is 0.383 e. The summed E-state index contributed by atoms with van der Waals surface area (Å²) in [6.45, 7) is 3.00. The first-order valence-corrected chi connectivity index (χ1v) is 6.87. The molecule has 1 aliphatic heterocycles. The van der Waals surface area contributed by atoms with Crippen molar-refractivity contribution < 1.29 is 4.79 Å². The lowest BCUT2D eigenvalue weighted by Gasteiger charge is -2.33. The highest BCUT2D eigenvalue weighted by Crippen LogP contribution is 2.26. The van der Waals surface area contributed by atoms with Gasteiger partial charge in [0.2, 0.25) is 12.4 Å². The van der Waals surface area contributed by atoms with Gasteiger partial charge < -0.3 is 15.5 Å². The molecule has 0 spiro atoms. The summed E-state index contributed by atoms with van der Waals surface area (Å²) in [4.78, 5) is 23.7. The highest BCUT2D eigenvalue weighted by Gasteiger charge is 2.21. The van der Waals surface area contributed by atoms with Gasteiger partial charge in [0.1, 0.15) is 5.82 Å². The Labute approximate surface area is 112 Å². The zero-order valence-corrected chi connectivity index (χ0v) is 11.0. The number of carbonyl (C=O) groups is 1. The molecular weight excluding hydrogens is 242 g/mol. The van der Waals surface area contributed by atoms with Gasteiger partial charge in [0.15, 0.2) is 0 Å². The molecule has 0 aromatic carbocycles. The predicted molar refractivity (Wildman–Crippen MR) is 72.9 cm³/mol. The summed E-state index contributed by atoms with van der Waals surface area (Å²) in [6, 6.07) is 0. The quantitative estimate of drug-likeness (QED) is 0.771. The number of hydrogen-bond donors (Lipinski definition) is 1. The summed E-state index contributed by atoms with van der Waals surface area (Å²) in [5.74, 6) is 1.36. The minimum absolute atomic E-state index is 0.637. The van der Waals surface area contributed by atoms with E-state index in [0.29, 0.717) is 5.82 Å². The van der Waals surface area contributed by atoms with Crippen LogP contribution in [0.4, 0.5) is 11.8 Å². The van der Waals surface area contributed by atoms with Crippen molar-refractivity contribution in [2.24, 2.45) is 0 Å². The Kier molecular flexibility index (Phi) is 3.23. The van der Waals surface area contributed by atoms with Crippen LogP contribution in [0, 0.1) is 0 Å². The van der Waals surface area contributed by atoms with Crippen molar-refractivity contribution in [3.63, 3.8) is 0 Å². The molecule has 1 fully saturated rings. The number of nitrogen functional groups attached to an aromatic ring is 1. The Morgan fingerprint density at radius 1 is 1.05 bits per heavy atom. The van der Waals surface area contributed by atoms with Crippen molar-refractivity contribution in [3.05, 3.63) is 11.3 Å². The zero-order chi connectivity index (χ0) is 13.2. The minimum atomic E-state index is 0.637. The van der Waals surface area contributed by atoms with Crippen molar-refractivity contribution in [1.82, 2.24) is 14.9 Å². The topological polar surface area (TPSA) is 75.3 Å². The van der Waals surface area contributed by atoms with Gasteiger partial charge in [-0.05, 0) is 25.7 Å². The number of aromatic nitrogens is 2. The summed E-state index contributed by atoms with van der Waals surface area (Å²) >= 11 is 0.